The van der Waals surface area contributed by atoms with Crippen molar-refractivity contribution in [2.45, 2.75) is 38.3 Å². The Morgan fingerprint density at radius 1 is 1.67 bits per heavy atom. The van der Waals surface area contributed by atoms with E-state index in [1.165, 1.54) is 0 Å². The minimum atomic E-state index is -0.777. The van der Waals surface area contributed by atoms with Crippen LogP contribution in [0.4, 0.5) is 0 Å². The van der Waals surface area contributed by atoms with E-state index in [0.717, 1.165) is 19.4 Å². The summed E-state index contributed by atoms with van der Waals surface area (Å²) in [6.45, 7) is 5.12. The smallest absolute Gasteiger partial charge is 0.0817 e. The second-order valence-corrected chi connectivity index (χ2v) is 3.93. The molecule has 1 fully saturated rings. The van der Waals surface area contributed by atoms with Gasteiger partial charge < -0.3 is 15.6 Å². The van der Waals surface area contributed by atoms with Gasteiger partial charge in [0.2, 0.25) is 0 Å². The highest BCUT2D eigenvalue weighted by Crippen LogP contribution is 2.27. The molecule has 72 valence electrons. The minimum Gasteiger partial charge on any atom is -0.388 e. The summed E-state index contributed by atoms with van der Waals surface area (Å²) in [5.74, 6) is 0.200. The van der Waals surface area contributed by atoms with Gasteiger partial charge in [0.1, 0.15) is 0 Å². The Kier molecular flexibility index (Phi) is 3.09. The van der Waals surface area contributed by atoms with E-state index in [9.17, 15) is 5.11 Å². The lowest BCUT2D eigenvalue weighted by atomic mass is 9.80. The van der Waals surface area contributed by atoms with Crippen molar-refractivity contribution >= 4 is 0 Å². The zero-order valence-corrected chi connectivity index (χ0v) is 7.92. The number of hydrogen-bond acceptors (Lipinski definition) is 3. The first kappa shape index (κ1) is 9.96. The summed E-state index contributed by atoms with van der Waals surface area (Å²) in [7, 11) is 0. The molecule has 1 aliphatic heterocycles. The quantitative estimate of drug-likeness (QED) is 0.639. The molecule has 3 atom stereocenters. The summed E-state index contributed by atoms with van der Waals surface area (Å²) in [4.78, 5) is 0. The Hall–Kier alpha value is -0.120. The van der Waals surface area contributed by atoms with Gasteiger partial charge in [-0.2, -0.15) is 0 Å². The van der Waals surface area contributed by atoms with Gasteiger partial charge in [0, 0.05) is 18.6 Å². The summed E-state index contributed by atoms with van der Waals surface area (Å²) in [6.07, 6.45) is 2.06. The number of nitrogens with two attached hydrogens (primary N) is 1. The van der Waals surface area contributed by atoms with Gasteiger partial charge in [-0.05, 0) is 26.7 Å². The molecule has 0 aromatic heterocycles. The van der Waals surface area contributed by atoms with Gasteiger partial charge >= 0.3 is 0 Å². The molecule has 0 aromatic rings. The van der Waals surface area contributed by atoms with Crippen LogP contribution in [0.1, 0.15) is 26.7 Å². The van der Waals surface area contributed by atoms with E-state index in [0.29, 0.717) is 6.61 Å². The lowest BCUT2D eigenvalue weighted by Crippen LogP contribution is -2.51. The van der Waals surface area contributed by atoms with Gasteiger partial charge in [-0.3, -0.25) is 0 Å². The lowest BCUT2D eigenvalue weighted by Gasteiger charge is -2.38. The average molecular weight is 173 g/mol. The first-order chi connectivity index (χ1) is 5.55. The fourth-order valence-electron chi connectivity index (χ4n) is 1.57. The molecule has 0 spiro atoms. The predicted octanol–water partition coefficient (Wildman–Crippen LogP) is 0.511. The largest absolute Gasteiger partial charge is 0.388 e. The molecule has 1 aliphatic rings. The molecule has 1 rings (SSSR count). The van der Waals surface area contributed by atoms with E-state index in [1.54, 1.807) is 6.92 Å². The Labute approximate surface area is 73.9 Å². The van der Waals surface area contributed by atoms with Crippen LogP contribution in [0, 0.1) is 5.92 Å². The van der Waals surface area contributed by atoms with Crippen molar-refractivity contribution in [1.29, 1.82) is 0 Å². The molecule has 0 saturated carbocycles. The van der Waals surface area contributed by atoms with E-state index in [-0.39, 0.29) is 12.0 Å². The topological polar surface area (TPSA) is 55.5 Å². The highest BCUT2D eigenvalue weighted by Gasteiger charge is 2.36. The van der Waals surface area contributed by atoms with Crippen molar-refractivity contribution in [2.24, 2.45) is 11.7 Å². The third-order valence-electron chi connectivity index (χ3n) is 2.91. The van der Waals surface area contributed by atoms with Crippen LogP contribution in [0.2, 0.25) is 0 Å². The highest BCUT2D eigenvalue weighted by molar-refractivity contribution is 4.90. The Morgan fingerprint density at radius 2 is 2.33 bits per heavy atom. The molecule has 1 heterocycles. The van der Waals surface area contributed by atoms with Crippen molar-refractivity contribution in [3.63, 3.8) is 0 Å². The van der Waals surface area contributed by atoms with Crippen molar-refractivity contribution in [2.75, 3.05) is 13.2 Å². The molecule has 0 aromatic carbocycles. The second kappa shape index (κ2) is 3.73. The summed E-state index contributed by atoms with van der Waals surface area (Å²) < 4.78 is 5.30. The van der Waals surface area contributed by atoms with Crippen LogP contribution in [0.25, 0.3) is 0 Å². The second-order valence-electron chi connectivity index (χ2n) is 3.93. The molecular weight excluding hydrogens is 154 g/mol. The van der Waals surface area contributed by atoms with Crippen molar-refractivity contribution in [3.05, 3.63) is 0 Å². The molecule has 12 heavy (non-hydrogen) atoms. The minimum absolute atomic E-state index is 0.191. The normalized spacial score (nSPS) is 32.5. The van der Waals surface area contributed by atoms with E-state index in [1.807, 2.05) is 6.92 Å². The summed E-state index contributed by atoms with van der Waals surface area (Å²) in [5.41, 5.74) is 4.92. The third-order valence-corrected chi connectivity index (χ3v) is 2.91. The standard InChI is InChI=1S/C9H19NO2/c1-7(10)9(2,11)8-4-3-5-12-6-8/h7-8,11H,3-6,10H2,1-2H3. The molecule has 0 radical (unpaired) electrons. The molecule has 0 bridgehead atoms. The number of aliphatic hydroxyl groups is 1. The highest BCUT2D eigenvalue weighted by atomic mass is 16.5. The summed E-state index contributed by atoms with van der Waals surface area (Å²) in [5, 5.41) is 10.0. The molecule has 3 nitrogen and oxygen atoms in total. The SMILES string of the molecule is CC(N)C(C)(O)C1CCCOC1. The first-order valence-corrected chi connectivity index (χ1v) is 4.61. The number of rotatable bonds is 2. The molecule has 3 unspecified atom stereocenters. The zero-order chi connectivity index (χ0) is 9.19. The Bertz CT molecular complexity index is 139. The van der Waals surface area contributed by atoms with E-state index < -0.39 is 5.60 Å². The fraction of sp³-hybridized carbons (Fsp3) is 1.00. The molecule has 0 aliphatic carbocycles. The number of ether oxygens (including phenoxy) is 1. The van der Waals surface area contributed by atoms with Crippen molar-refractivity contribution in [1.82, 2.24) is 0 Å². The first-order valence-electron chi connectivity index (χ1n) is 4.61. The third kappa shape index (κ3) is 1.97. The maximum absolute atomic E-state index is 10.0. The van der Waals surface area contributed by atoms with Crippen LogP contribution in [-0.4, -0.2) is 30.0 Å². The van der Waals surface area contributed by atoms with Crippen LogP contribution in [0.3, 0.4) is 0 Å². The monoisotopic (exact) mass is 173 g/mol. The Balaban J connectivity index is 2.53. The molecule has 0 amide bonds. The molecular formula is C9H19NO2. The van der Waals surface area contributed by atoms with Gasteiger partial charge in [0.15, 0.2) is 0 Å². The zero-order valence-electron chi connectivity index (χ0n) is 7.92. The van der Waals surface area contributed by atoms with Crippen molar-refractivity contribution in [3.8, 4) is 0 Å². The lowest BCUT2D eigenvalue weighted by molar-refractivity contribution is -0.0786. The average Bonchev–Trinajstić information content (AvgIpc) is 2.06. The predicted molar refractivity (Wildman–Crippen MR) is 47.8 cm³/mol. The summed E-state index contributed by atoms with van der Waals surface area (Å²) in [6, 6.07) is -0.191. The van der Waals surface area contributed by atoms with Crippen LogP contribution >= 0.6 is 0 Å². The molecule has 1 saturated heterocycles. The maximum Gasteiger partial charge on any atom is 0.0817 e. The van der Waals surface area contributed by atoms with Gasteiger partial charge in [0.25, 0.3) is 0 Å². The van der Waals surface area contributed by atoms with Gasteiger partial charge in [-0.1, -0.05) is 0 Å². The van der Waals surface area contributed by atoms with E-state index in [2.05, 4.69) is 0 Å². The van der Waals surface area contributed by atoms with E-state index in [4.69, 9.17) is 10.5 Å². The molecule has 3 heteroatoms. The van der Waals surface area contributed by atoms with Crippen LogP contribution < -0.4 is 5.73 Å². The van der Waals surface area contributed by atoms with Gasteiger partial charge in [-0.15, -0.1) is 0 Å². The fourth-order valence-corrected chi connectivity index (χ4v) is 1.57. The van der Waals surface area contributed by atoms with Crippen LogP contribution in [-0.2, 0) is 4.74 Å². The maximum atomic E-state index is 10.0. The van der Waals surface area contributed by atoms with Crippen LogP contribution in [0.5, 0.6) is 0 Å². The van der Waals surface area contributed by atoms with Crippen LogP contribution in [0.15, 0.2) is 0 Å². The molecule has 3 N–H and O–H groups in total. The number of hydrogen-bond donors (Lipinski definition) is 2. The Morgan fingerprint density at radius 3 is 2.75 bits per heavy atom. The van der Waals surface area contributed by atoms with Crippen molar-refractivity contribution < 1.29 is 9.84 Å². The van der Waals surface area contributed by atoms with Gasteiger partial charge in [0.05, 0.1) is 12.2 Å². The van der Waals surface area contributed by atoms with E-state index >= 15 is 0 Å². The van der Waals surface area contributed by atoms with Gasteiger partial charge in [-0.25, -0.2) is 0 Å². The summed E-state index contributed by atoms with van der Waals surface area (Å²) >= 11 is 0.